The van der Waals surface area contributed by atoms with E-state index in [-0.39, 0.29) is 2.85 Å². The summed E-state index contributed by atoms with van der Waals surface area (Å²) < 4.78 is 1.39. The fourth-order valence-electron chi connectivity index (χ4n) is 0.566. The first-order valence-electron chi connectivity index (χ1n) is 2.61. The van der Waals surface area contributed by atoms with E-state index in [1.807, 2.05) is 0 Å². The van der Waals surface area contributed by atoms with Crippen molar-refractivity contribution in [2.75, 3.05) is 0 Å². The van der Waals surface area contributed by atoms with Gasteiger partial charge in [0.1, 0.15) is 0 Å². The normalized spacial score (nSPS) is 9.38. The molecule has 0 amide bonds. The van der Waals surface area contributed by atoms with Crippen LogP contribution in [0.15, 0.2) is 24.3 Å². The van der Waals surface area contributed by atoms with E-state index in [9.17, 15) is 0 Å². The molecule has 0 heterocycles. The number of rotatable bonds is 0. The van der Waals surface area contributed by atoms with Gasteiger partial charge in [-0.15, -0.1) is 0 Å². The van der Waals surface area contributed by atoms with Crippen molar-refractivity contribution in [3.8, 4) is 0 Å². The molecule has 0 nitrogen and oxygen atoms in total. The molecule has 0 aliphatic rings. The fraction of sp³-hybridized carbons (Fsp3) is 0.143. The zero-order valence-corrected chi connectivity index (χ0v) is 7.31. The third kappa shape index (κ3) is 1.42. The van der Waals surface area contributed by atoms with Gasteiger partial charge in [0, 0.05) is 0 Å². The largest absolute Gasteiger partial charge is 1.00 e. The van der Waals surface area contributed by atoms with Crippen molar-refractivity contribution in [2.24, 2.45) is 0 Å². The molecule has 0 aliphatic heterocycles. The van der Waals surface area contributed by atoms with Gasteiger partial charge >= 0.3 is 59.5 Å². The average Bonchev–Trinajstić information content (AvgIpc) is 1.77. The predicted octanol–water partition coefficient (Wildman–Crippen LogP) is 1.01. The molecule has 0 N–H and O–H groups in total. The van der Waals surface area contributed by atoms with Crippen LogP contribution in [0, 0.1) is 6.92 Å². The summed E-state index contributed by atoms with van der Waals surface area (Å²) in [5, 5.41) is 0. The van der Waals surface area contributed by atoms with Crippen LogP contribution in [0.5, 0.6) is 0 Å². The Morgan fingerprint density at radius 2 is 1.75 bits per heavy atom. The smallest absolute Gasteiger partial charge is 1.00 e. The zero-order chi connectivity index (χ0) is 5.98. The minimum atomic E-state index is 0. The summed E-state index contributed by atoms with van der Waals surface area (Å²) in [4.78, 5) is 0. The summed E-state index contributed by atoms with van der Waals surface area (Å²) in [6.07, 6.45) is 0. The molecule has 1 aromatic rings. The Morgan fingerprint density at radius 3 is 2.12 bits per heavy atom. The first kappa shape index (κ1) is 5.98. The van der Waals surface area contributed by atoms with Crippen LogP contribution >= 0.6 is 0 Å². The van der Waals surface area contributed by atoms with Gasteiger partial charge in [-0.25, -0.2) is 0 Å². The summed E-state index contributed by atoms with van der Waals surface area (Å²) in [6.45, 7) is 2.10. The molecule has 0 bridgehead atoms. The van der Waals surface area contributed by atoms with Crippen LogP contribution in [0.25, 0.3) is 0 Å². The molecule has 0 aromatic heterocycles. The SMILES string of the molecule is Cc1cc[c]([Ga+2])cc1.[H-].[H-]. The minimum absolute atomic E-state index is 0. The van der Waals surface area contributed by atoms with E-state index < -0.39 is 0 Å². The van der Waals surface area contributed by atoms with Crippen LogP contribution in [-0.2, 0) is 0 Å². The molecular weight excluding hydrogens is 154 g/mol. The van der Waals surface area contributed by atoms with Crippen LogP contribution in [0.4, 0.5) is 0 Å². The second kappa shape index (κ2) is 2.42. The van der Waals surface area contributed by atoms with Crippen molar-refractivity contribution in [1.29, 1.82) is 0 Å². The summed E-state index contributed by atoms with van der Waals surface area (Å²) in [7, 11) is 0. The topological polar surface area (TPSA) is 0 Å². The van der Waals surface area contributed by atoms with Gasteiger partial charge in [-0.3, -0.25) is 0 Å². The summed E-state index contributed by atoms with van der Waals surface area (Å²) in [5.74, 6) is 0. The van der Waals surface area contributed by atoms with Gasteiger partial charge in [-0.2, -0.15) is 0 Å². The van der Waals surface area contributed by atoms with Crippen molar-refractivity contribution < 1.29 is 2.85 Å². The quantitative estimate of drug-likeness (QED) is 0.500. The second-order valence-corrected chi connectivity index (χ2v) is 3.31. The zero-order valence-electron chi connectivity index (χ0n) is 6.89. The molecule has 0 saturated carbocycles. The maximum Gasteiger partial charge on any atom is -1.00 e. The Bertz CT molecular complexity index is 150. The van der Waals surface area contributed by atoms with Crippen LogP contribution < -0.4 is 4.12 Å². The monoisotopic (exact) mass is 162 g/mol. The molecule has 1 aromatic carbocycles. The first-order chi connectivity index (χ1) is 3.79. The van der Waals surface area contributed by atoms with E-state index >= 15 is 0 Å². The van der Waals surface area contributed by atoms with Crippen molar-refractivity contribution in [3.05, 3.63) is 29.8 Å². The number of benzene rings is 1. The minimum Gasteiger partial charge on any atom is -1.00 e. The summed E-state index contributed by atoms with van der Waals surface area (Å²) >= 11 is 1.68. The maximum atomic E-state index is 2.15. The Labute approximate surface area is 62.8 Å². The van der Waals surface area contributed by atoms with Crippen LogP contribution in [0.2, 0.25) is 0 Å². The molecule has 0 fully saturated rings. The van der Waals surface area contributed by atoms with Crippen LogP contribution in [0.1, 0.15) is 8.42 Å². The molecule has 1 rings (SSSR count). The van der Waals surface area contributed by atoms with Gasteiger partial charge in [0.2, 0.25) is 0 Å². The van der Waals surface area contributed by atoms with Crippen molar-refractivity contribution in [2.45, 2.75) is 6.92 Å². The van der Waals surface area contributed by atoms with E-state index in [0.29, 0.717) is 0 Å². The Kier molecular flexibility index (Phi) is 1.81. The summed E-state index contributed by atoms with van der Waals surface area (Å²) in [6, 6.07) is 8.57. The standard InChI is InChI=1S/C7H7.Ga.2H/c1-7-5-3-2-4-6-7;;;/h3-6H,1H3;;;/q;+2;2*-1. The van der Waals surface area contributed by atoms with E-state index in [1.54, 1.807) is 18.6 Å². The third-order valence-corrected chi connectivity index (χ3v) is 1.88. The molecule has 1 heteroatoms. The van der Waals surface area contributed by atoms with Crippen molar-refractivity contribution >= 4 is 22.7 Å². The van der Waals surface area contributed by atoms with Gasteiger partial charge in [0.05, 0.1) is 0 Å². The van der Waals surface area contributed by atoms with Gasteiger partial charge in [-0.05, 0) is 0 Å². The number of hydrogen-bond acceptors (Lipinski definition) is 0. The Hall–Kier alpha value is -0.144. The molecule has 0 unspecified atom stereocenters. The molecule has 0 spiro atoms. The molecule has 8 heavy (non-hydrogen) atoms. The summed E-state index contributed by atoms with van der Waals surface area (Å²) in [5.41, 5.74) is 1.34. The molecule has 0 atom stereocenters. The second-order valence-electron chi connectivity index (χ2n) is 1.91. The van der Waals surface area contributed by atoms with Gasteiger partial charge in [0.15, 0.2) is 0 Å². The molecule has 0 aliphatic carbocycles. The van der Waals surface area contributed by atoms with Crippen molar-refractivity contribution in [3.63, 3.8) is 0 Å². The van der Waals surface area contributed by atoms with Crippen LogP contribution in [0.3, 0.4) is 0 Å². The van der Waals surface area contributed by atoms with Crippen molar-refractivity contribution in [1.82, 2.24) is 0 Å². The molecule has 40 valence electrons. The van der Waals surface area contributed by atoms with Gasteiger partial charge < -0.3 is 2.85 Å². The number of aryl methyl sites for hydroxylation is 1. The number of hydrogen-bond donors (Lipinski definition) is 0. The molecule has 0 radical (unpaired) electrons. The van der Waals surface area contributed by atoms with E-state index in [1.165, 1.54) is 9.68 Å². The molecular formula is C7H9Ga. The Morgan fingerprint density at radius 1 is 1.25 bits per heavy atom. The Balaban J connectivity index is 0. The van der Waals surface area contributed by atoms with Gasteiger partial charge in [-0.1, -0.05) is 0 Å². The van der Waals surface area contributed by atoms with Gasteiger partial charge in [0.25, 0.3) is 0 Å². The third-order valence-electron chi connectivity index (χ3n) is 1.08. The van der Waals surface area contributed by atoms with Crippen LogP contribution in [-0.4, -0.2) is 18.6 Å². The maximum absolute atomic E-state index is 2.15. The first-order valence-corrected chi connectivity index (χ1v) is 3.82. The van der Waals surface area contributed by atoms with E-state index in [4.69, 9.17) is 0 Å². The van der Waals surface area contributed by atoms with E-state index in [2.05, 4.69) is 31.2 Å². The molecule has 0 saturated heterocycles. The van der Waals surface area contributed by atoms with E-state index in [0.717, 1.165) is 0 Å². The average molecular weight is 163 g/mol. The fourth-order valence-corrected chi connectivity index (χ4v) is 0.970. The predicted molar refractivity (Wildman–Crippen MR) is 38.8 cm³/mol.